The maximum Gasteiger partial charge on any atom is 0.418 e. The van der Waals surface area contributed by atoms with E-state index in [2.05, 4.69) is 85.1 Å². The summed E-state index contributed by atoms with van der Waals surface area (Å²) in [6, 6.07) is 7.17. The number of amides is 4. The van der Waals surface area contributed by atoms with Crippen LogP contribution in [0.2, 0.25) is 0 Å². The average molecular weight is 848 g/mol. The summed E-state index contributed by atoms with van der Waals surface area (Å²) in [6.45, 7) is 30.9. The molecule has 4 rings (SSSR count). The number of ketones is 1. The summed E-state index contributed by atoms with van der Waals surface area (Å²) >= 11 is 0. The molecule has 2 aromatic carbocycles. The molecule has 2 aromatic rings. The third kappa shape index (κ3) is 12.3. The lowest BCUT2D eigenvalue weighted by atomic mass is 9.71. The number of Topliss-reactive ketones (excluding diaryl/α,β-unsaturated/α-hetero) is 1. The molecule has 2 heterocycles. The molecule has 61 heavy (non-hydrogen) atoms. The Morgan fingerprint density at radius 1 is 0.852 bits per heavy atom. The summed E-state index contributed by atoms with van der Waals surface area (Å²) in [7, 11) is 0. The number of ether oxygens (including phenoxy) is 4. The van der Waals surface area contributed by atoms with Gasteiger partial charge in [-0.1, -0.05) is 88.5 Å². The first-order valence-electron chi connectivity index (χ1n) is 22.0. The van der Waals surface area contributed by atoms with Gasteiger partial charge in [-0.25, -0.2) is 9.69 Å². The van der Waals surface area contributed by atoms with Gasteiger partial charge in [-0.2, -0.15) is 0 Å². The molecule has 3 atom stereocenters. The van der Waals surface area contributed by atoms with E-state index >= 15 is 0 Å². The fraction of sp³-hybridized carbons (Fsp3) is 0.653. The Morgan fingerprint density at radius 2 is 1.51 bits per heavy atom. The van der Waals surface area contributed by atoms with Crippen LogP contribution in [0.15, 0.2) is 30.3 Å². The molecule has 4 amide bonds. The van der Waals surface area contributed by atoms with Gasteiger partial charge in [0, 0.05) is 22.2 Å². The predicted molar refractivity (Wildman–Crippen MR) is 240 cm³/mol. The fourth-order valence-corrected chi connectivity index (χ4v) is 8.59. The molecule has 0 aromatic heterocycles. The zero-order valence-corrected chi connectivity index (χ0v) is 39.8. The topological polar surface area (TPSA) is 150 Å². The molecule has 0 saturated carbocycles. The van der Waals surface area contributed by atoms with Crippen molar-refractivity contribution in [2.24, 2.45) is 10.8 Å². The van der Waals surface area contributed by atoms with Crippen LogP contribution < -0.4 is 24.8 Å². The van der Waals surface area contributed by atoms with Gasteiger partial charge in [-0.15, -0.1) is 0 Å². The minimum atomic E-state index is -1.83. The Hall–Kier alpha value is -4.61. The van der Waals surface area contributed by atoms with E-state index in [0.29, 0.717) is 22.8 Å². The summed E-state index contributed by atoms with van der Waals surface area (Å²) in [4.78, 5) is 69.5. The highest BCUT2D eigenvalue weighted by atomic mass is 16.6. The average Bonchev–Trinajstić information content (AvgIpc) is 3.30. The summed E-state index contributed by atoms with van der Waals surface area (Å²) < 4.78 is 24.8. The summed E-state index contributed by atoms with van der Waals surface area (Å²) in [5, 5.41) is 5.78. The van der Waals surface area contributed by atoms with E-state index in [9.17, 15) is 24.0 Å². The van der Waals surface area contributed by atoms with Crippen molar-refractivity contribution in [3.8, 4) is 17.2 Å². The lowest BCUT2D eigenvalue weighted by Gasteiger charge is -2.39. The number of unbranched alkanes of at least 4 members (excludes halogenated alkanes) is 3. The van der Waals surface area contributed by atoms with E-state index in [0.717, 1.165) is 55.4 Å². The van der Waals surface area contributed by atoms with Gasteiger partial charge >= 0.3 is 6.09 Å². The van der Waals surface area contributed by atoms with E-state index < -0.39 is 46.9 Å². The van der Waals surface area contributed by atoms with Crippen molar-refractivity contribution in [2.75, 3.05) is 10.6 Å². The van der Waals surface area contributed by atoms with Crippen molar-refractivity contribution >= 4 is 41.0 Å². The number of cyclic esters (lactones) is 1. The standard InChI is InChI=1S/C49H73N3O9/c1-17-18-19-20-21-36(59-38-25-32-30(4)27-48(13,14)60-37(32)26-33(38)47(11,12)28-45(5,6)7)41(54)50-31-22-23-35(58-29(2)3)34(24-31)51-42(55)39(40(53)46(8,9)10)52-43(56)49(15,16)61-44(52)57/h22-26,29-30,36,39H,17-21,27-28H2,1-16H3,(H,50,54)(H,51,55). The summed E-state index contributed by atoms with van der Waals surface area (Å²) in [6.07, 6.45) is 3.65. The monoisotopic (exact) mass is 848 g/mol. The molecule has 338 valence electrons. The molecule has 0 bridgehead atoms. The van der Waals surface area contributed by atoms with Crippen molar-refractivity contribution in [3.05, 3.63) is 41.5 Å². The maximum atomic E-state index is 14.5. The van der Waals surface area contributed by atoms with Gasteiger partial charge in [0.15, 0.2) is 23.5 Å². The van der Waals surface area contributed by atoms with Crippen molar-refractivity contribution in [1.29, 1.82) is 0 Å². The van der Waals surface area contributed by atoms with Crippen LogP contribution in [-0.4, -0.2) is 63.9 Å². The first-order valence-corrected chi connectivity index (χ1v) is 22.0. The quantitative estimate of drug-likeness (QED) is 0.117. The highest BCUT2D eigenvalue weighted by Gasteiger charge is 2.55. The number of carbonyl (C=O) groups excluding carboxylic acids is 5. The number of fused-ring (bicyclic) bond motifs is 1. The van der Waals surface area contributed by atoms with Gasteiger partial charge in [0.25, 0.3) is 17.7 Å². The Morgan fingerprint density at radius 3 is 2.07 bits per heavy atom. The maximum absolute atomic E-state index is 14.5. The van der Waals surface area contributed by atoms with Crippen molar-refractivity contribution < 1.29 is 42.9 Å². The first kappa shape index (κ1) is 49.0. The molecule has 2 N–H and O–H groups in total. The molecular weight excluding hydrogens is 775 g/mol. The number of benzene rings is 2. The van der Waals surface area contributed by atoms with E-state index in [-0.39, 0.29) is 45.8 Å². The Kier molecular flexibility index (Phi) is 14.8. The zero-order valence-electron chi connectivity index (χ0n) is 39.8. The van der Waals surface area contributed by atoms with Crippen LogP contribution >= 0.6 is 0 Å². The zero-order chi connectivity index (χ0) is 46.0. The highest BCUT2D eigenvalue weighted by Crippen LogP contribution is 2.48. The molecule has 0 aliphatic carbocycles. The minimum absolute atomic E-state index is 0.00352. The lowest BCUT2D eigenvalue weighted by molar-refractivity contribution is -0.145. The summed E-state index contributed by atoms with van der Waals surface area (Å²) in [5.74, 6) is -0.823. The number of hydrogen-bond acceptors (Lipinski definition) is 9. The first-order chi connectivity index (χ1) is 28.0. The van der Waals surface area contributed by atoms with Gasteiger partial charge in [0.1, 0.15) is 22.8 Å². The SMILES string of the molecule is CCCCCCC(Oc1cc2c(cc1C(C)(C)CC(C)(C)C)OC(C)(C)CC2C)C(=O)Nc1ccc(OC(C)C)c(NC(=O)C(C(=O)C(C)(C)C)N2C(=O)OC(C)(C)C2=O)c1. The molecule has 0 radical (unpaired) electrons. The fourth-order valence-electron chi connectivity index (χ4n) is 8.59. The van der Waals surface area contributed by atoms with Crippen LogP contribution in [0.3, 0.4) is 0 Å². The van der Waals surface area contributed by atoms with Crippen LogP contribution in [0, 0.1) is 10.8 Å². The third-order valence-corrected chi connectivity index (χ3v) is 11.0. The smallest absolute Gasteiger partial charge is 0.418 e. The van der Waals surface area contributed by atoms with Crippen LogP contribution in [0.4, 0.5) is 16.2 Å². The predicted octanol–water partition coefficient (Wildman–Crippen LogP) is 10.9. The number of anilines is 2. The molecule has 1 fully saturated rings. The lowest BCUT2D eigenvalue weighted by Crippen LogP contribution is -2.55. The largest absolute Gasteiger partial charge is 0.489 e. The van der Waals surface area contributed by atoms with E-state index in [4.69, 9.17) is 18.9 Å². The van der Waals surface area contributed by atoms with Gasteiger partial charge in [0.2, 0.25) is 0 Å². The van der Waals surface area contributed by atoms with E-state index in [1.165, 1.54) is 19.9 Å². The Labute approximate surface area is 364 Å². The molecule has 2 aliphatic rings. The van der Waals surface area contributed by atoms with Crippen LogP contribution in [0.5, 0.6) is 17.2 Å². The van der Waals surface area contributed by atoms with Gasteiger partial charge in [-0.3, -0.25) is 19.2 Å². The number of imide groups is 1. The number of hydrogen-bond donors (Lipinski definition) is 2. The number of carbonyl (C=O) groups is 5. The number of nitrogens with one attached hydrogen (secondary N) is 2. The van der Waals surface area contributed by atoms with Crippen LogP contribution in [0.1, 0.15) is 173 Å². The van der Waals surface area contributed by atoms with Gasteiger partial charge < -0.3 is 29.6 Å². The minimum Gasteiger partial charge on any atom is -0.489 e. The van der Waals surface area contributed by atoms with Gasteiger partial charge in [0.05, 0.1) is 11.8 Å². The van der Waals surface area contributed by atoms with Crippen LogP contribution in [-0.2, 0) is 29.3 Å². The second kappa shape index (κ2) is 18.4. The molecule has 3 unspecified atom stereocenters. The third-order valence-electron chi connectivity index (χ3n) is 11.0. The molecule has 1 saturated heterocycles. The molecule has 12 nitrogen and oxygen atoms in total. The number of rotatable bonds is 17. The van der Waals surface area contributed by atoms with E-state index in [1.807, 2.05) is 13.8 Å². The van der Waals surface area contributed by atoms with Crippen molar-refractivity contribution in [2.45, 2.75) is 197 Å². The van der Waals surface area contributed by atoms with Crippen LogP contribution in [0.25, 0.3) is 0 Å². The van der Waals surface area contributed by atoms with Crippen molar-refractivity contribution in [3.63, 3.8) is 0 Å². The summed E-state index contributed by atoms with van der Waals surface area (Å²) in [5.41, 5.74) is -0.860. The second-order valence-electron chi connectivity index (χ2n) is 21.4. The molecule has 0 spiro atoms. The van der Waals surface area contributed by atoms with Gasteiger partial charge in [-0.05, 0) is 114 Å². The molecule has 2 aliphatic heterocycles. The Balaban J connectivity index is 1.75. The van der Waals surface area contributed by atoms with E-state index in [1.54, 1.807) is 32.9 Å². The number of nitrogens with zero attached hydrogens (tertiary/aromatic N) is 1. The molecule has 12 heteroatoms. The van der Waals surface area contributed by atoms with Crippen molar-refractivity contribution in [1.82, 2.24) is 4.90 Å². The molecular formula is C49H73N3O9. The second-order valence-corrected chi connectivity index (χ2v) is 21.4. The normalized spacial score (nSPS) is 18.4. The Bertz CT molecular complexity index is 1970. The highest BCUT2D eigenvalue weighted by molar-refractivity contribution is 6.19.